The van der Waals surface area contributed by atoms with Crippen LogP contribution < -0.4 is 10.1 Å². The second-order valence-electron chi connectivity index (χ2n) is 8.88. The topological polar surface area (TPSA) is 49.3 Å². The van der Waals surface area contributed by atoms with Crippen molar-refractivity contribution in [2.45, 2.75) is 39.8 Å². The number of likely N-dealkylation sites (tertiary alicyclic amines) is 1. The van der Waals surface area contributed by atoms with Crippen LogP contribution in [0.1, 0.15) is 33.3 Å². The predicted molar refractivity (Wildman–Crippen MR) is 114 cm³/mol. The lowest BCUT2D eigenvalue weighted by Crippen LogP contribution is -2.72. The maximum absolute atomic E-state index is 5.97. The third-order valence-electron chi connectivity index (χ3n) is 6.48. The Balaban J connectivity index is 1.48. The quantitative estimate of drug-likeness (QED) is 0.600. The van der Waals surface area contributed by atoms with E-state index in [0.717, 1.165) is 57.6 Å². The molecule has 0 aliphatic carbocycles. The minimum atomic E-state index is 0.0965. The van der Waals surface area contributed by atoms with Crippen molar-refractivity contribution in [1.82, 2.24) is 15.1 Å². The molecule has 2 saturated heterocycles. The highest BCUT2D eigenvalue weighted by atomic mass is 16.5. The second kappa shape index (κ2) is 8.70. The average molecular weight is 389 g/mol. The van der Waals surface area contributed by atoms with Gasteiger partial charge in [-0.1, -0.05) is 26.0 Å². The molecule has 6 heteroatoms. The van der Waals surface area contributed by atoms with Gasteiger partial charge in [-0.3, -0.25) is 9.89 Å². The van der Waals surface area contributed by atoms with Crippen molar-refractivity contribution in [3.05, 3.63) is 29.8 Å². The van der Waals surface area contributed by atoms with Gasteiger partial charge in [0.15, 0.2) is 5.96 Å². The Hall–Kier alpha value is -1.79. The molecule has 3 rings (SSSR count). The maximum atomic E-state index is 5.97. The zero-order chi connectivity index (χ0) is 20.2. The van der Waals surface area contributed by atoms with Crippen LogP contribution in [0.25, 0.3) is 0 Å². The Labute approximate surface area is 169 Å². The van der Waals surface area contributed by atoms with Crippen molar-refractivity contribution >= 4 is 5.96 Å². The molecule has 2 aliphatic rings. The fraction of sp³-hybridized carbons (Fsp3) is 0.682. The first kappa shape index (κ1) is 20.9. The molecule has 2 fully saturated rings. The van der Waals surface area contributed by atoms with E-state index < -0.39 is 0 Å². The van der Waals surface area contributed by atoms with Crippen molar-refractivity contribution in [3.63, 3.8) is 0 Å². The summed E-state index contributed by atoms with van der Waals surface area (Å²) < 4.78 is 11.4. The minimum absolute atomic E-state index is 0.0965. The summed E-state index contributed by atoms with van der Waals surface area (Å²) in [7, 11) is 1.86. The molecule has 0 spiro atoms. The summed E-state index contributed by atoms with van der Waals surface area (Å²) in [5.41, 5.74) is 1.58. The Bertz CT molecular complexity index is 681. The standard InChI is InChI=1S/C22H36N4O2/c1-21(2)17-26(22(21,3)4)20(23-5)24-16-18-7-6-8-19(15-18)28-14-11-25-9-12-27-13-10-25/h6-8,15H,9-14,16-17H2,1-5H3,(H,23,24). The minimum Gasteiger partial charge on any atom is -0.492 e. The lowest BCUT2D eigenvalue weighted by atomic mass is 9.65. The van der Waals surface area contributed by atoms with Crippen LogP contribution in [0.5, 0.6) is 5.75 Å². The van der Waals surface area contributed by atoms with Crippen LogP contribution in [0.2, 0.25) is 0 Å². The monoisotopic (exact) mass is 388 g/mol. The molecule has 1 aromatic carbocycles. The van der Waals surface area contributed by atoms with Crippen LogP contribution in [0.4, 0.5) is 0 Å². The number of hydrogen-bond acceptors (Lipinski definition) is 4. The van der Waals surface area contributed by atoms with E-state index in [2.05, 4.69) is 66.0 Å². The molecule has 0 amide bonds. The van der Waals surface area contributed by atoms with Gasteiger partial charge in [0.1, 0.15) is 12.4 Å². The molecule has 2 heterocycles. The highest BCUT2D eigenvalue weighted by molar-refractivity contribution is 5.82. The fourth-order valence-corrected chi connectivity index (χ4v) is 3.74. The number of aliphatic imine (C=N–C) groups is 1. The summed E-state index contributed by atoms with van der Waals surface area (Å²) in [5.74, 6) is 1.89. The van der Waals surface area contributed by atoms with E-state index in [0.29, 0.717) is 12.0 Å². The number of hydrogen-bond donors (Lipinski definition) is 1. The summed E-state index contributed by atoms with van der Waals surface area (Å²) >= 11 is 0. The first-order valence-corrected chi connectivity index (χ1v) is 10.3. The first-order valence-electron chi connectivity index (χ1n) is 10.3. The Morgan fingerprint density at radius 3 is 2.61 bits per heavy atom. The molecule has 2 aliphatic heterocycles. The molecular formula is C22H36N4O2. The zero-order valence-corrected chi connectivity index (χ0v) is 18.1. The highest BCUT2D eigenvalue weighted by Crippen LogP contribution is 2.46. The van der Waals surface area contributed by atoms with Gasteiger partial charge in [0.2, 0.25) is 0 Å². The van der Waals surface area contributed by atoms with Crippen molar-refractivity contribution < 1.29 is 9.47 Å². The predicted octanol–water partition coefficient (Wildman–Crippen LogP) is 2.59. The summed E-state index contributed by atoms with van der Waals surface area (Å²) in [5, 5.41) is 3.51. The van der Waals surface area contributed by atoms with Gasteiger partial charge in [0, 0.05) is 50.7 Å². The number of nitrogens with one attached hydrogen (secondary N) is 1. The summed E-state index contributed by atoms with van der Waals surface area (Å²) in [4.78, 5) is 9.24. The normalized spacial score (nSPS) is 21.9. The molecular weight excluding hydrogens is 352 g/mol. The lowest BCUT2D eigenvalue weighted by molar-refractivity contribution is -0.0667. The first-order chi connectivity index (χ1) is 13.3. The molecule has 28 heavy (non-hydrogen) atoms. The van der Waals surface area contributed by atoms with E-state index in [9.17, 15) is 0 Å². The molecule has 1 N–H and O–H groups in total. The average Bonchev–Trinajstić information content (AvgIpc) is 2.69. The Morgan fingerprint density at radius 2 is 1.96 bits per heavy atom. The Morgan fingerprint density at radius 1 is 1.21 bits per heavy atom. The number of ether oxygens (including phenoxy) is 2. The van der Waals surface area contributed by atoms with Gasteiger partial charge in [-0.15, -0.1) is 0 Å². The van der Waals surface area contributed by atoms with Gasteiger partial charge in [-0.2, -0.15) is 0 Å². The van der Waals surface area contributed by atoms with Crippen LogP contribution in [0, 0.1) is 5.41 Å². The van der Waals surface area contributed by atoms with Crippen molar-refractivity contribution in [1.29, 1.82) is 0 Å². The van der Waals surface area contributed by atoms with E-state index >= 15 is 0 Å². The third kappa shape index (κ3) is 4.61. The van der Waals surface area contributed by atoms with Crippen LogP contribution in [-0.2, 0) is 11.3 Å². The number of guanidine groups is 1. The van der Waals surface area contributed by atoms with Gasteiger partial charge in [-0.05, 0) is 31.5 Å². The van der Waals surface area contributed by atoms with Gasteiger partial charge in [0.25, 0.3) is 0 Å². The molecule has 0 bridgehead atoms. The van der Waals surface area contributed by atoms with Gasteiger partial charge in [-0.25, -0.2) is 0 Å². The molecule has 0 saturated carbocycles. The molecule has 0 aromatic heterocycles. The van der Waals surface area contributed by atoms with E-state index in [-0.39, 0.29) is 5.54 Å². The number of morpholine rings is 1. The van der Waals surface area contributed by atoms with Gasteiger partial charge >= 0.3 is 0 Å². The number of nitrogens with zero attached hydrogens (tertiary/aromatic N) is 3. The summed E-state index contributed by atoms with van der Waals surface area (Å²) in [6.07, 6.45) is 0. The van der Waals surface area contributed by atoms with Gasteiger partial charge < -0.3 is 19.7 Å². The Kier molecular flexibility index (Phi) is 6.50. The van der Waals surface area contributed by atoms with E-state index in [4.69, 9.17) is 9.47 Å². The lowest BCUT2D eigenvalue weighted by Gasteiger charge is -2.62. The smallest absolute Gasteiger partial charge is 0.194 e. The van der Waals surface area contributed by atoms with Crippen LogP contribution >= 0.6 is 0 Å². The summed E-state index contributed by atoms with van der Waals surface area (Å²) in [6.45, 7) is 16.2. The second-order valence-corrected chi connectivity index (χ2v) is 8.88. The van der Waals surface area contributed by atoms with E-state index in [1.54, 1.807) is 0 Å². The highest BCUT2D eigenvalue weighted by Gasteiger charge is 2.53. The van der Waals surface area contributed by atoms with Gasteiger partial charge in [0.05, 0.1) is 13.2 Å². The summed E-state index contributed by atoms with van der Waals surface area (Å²) in [6, 6.07) is 8.32. The van der Waals surface area contributed by atoms with E-state index in [1.807, 2.05) is 13.1 Å². The maximum Gasteiger partial charge on any atom is 0.194 e. The molecule has 0 radical (unpaired) electrons. The SMILES string of the molecule is CN=C(NCc1cccc(OCCN2CCOCC2)c1)N1CC(C)(C)C1(C)C. The number of rotatable bonds is 6. The molecule has 0 unspecified atom stereocenters. The molecule has 6 nitrogen and oxygen atoms in total. The van der Waals surface area contributed by atoms with Crippen LogP contribution in [0.15, 0.2) is 29.3 Å². The van der Waals surface area contributed by atoms with Crippen molar-refractivity contribution in [2.24, 2.45) is 10.4 Å². The van der Waals surface area contributed by atoms with Crippen molar-refractivity contribution in [2.75, 3.05) is 53.0 Å². The molecule has 1 aromatic rings. The van der Waals surface area contributed by atoms with Crippen LogP contribution in [0.3, 0.4) is 0 Å². The fourth-order valence-electron chi connectivity index (χ4n) is 3.74. The largest absolute Gasteiger partial charge is 0.492 e. The molecule has 156 valence electrons. The zero-order valence-electron chi connectivity index (χ0n) is 18.1. The van der Waals surface area contributed by atoms with Crippen LogP contribution in [-0.4, -0.2) is 74.3 Å². The number of benzene rings is 1. The van der Waals surface area contributed by atoms with E-state index in [1.165, 1.54) is 5.56 Å². The van der Waals surface area contributed by atoms with Crippen molar-refractivity contribution in [3.8, 4) is 5.75 Å². The third-order valence-corrected chi connectivity index (χ3v) is 6.48. The molecule has 0 atom stereocenters.